The highest BCUT2D eigenvalue weighted by molar-refractivity contribution is 5.85. The number of hydrogen-bond donors (Lipinski definition) is 3. The molecule has 4 nitrogen and oxygen atoms in total. The first kappa shape index (κ1) is 14.2. The standard InChI is InChI=1S/C12H17F2N3O/c1-3-6-16-12(18)7(2)17-11-9(15)5-4-8(13)10(11)14/h4-5,7,17H,3,6,15H2,1-2H3,(H,16,18). The van der Waals surface area contributed by atoms with Crippen LogP contribution >= 0.6 is 0 Å². The lowest BCUT2D eigenvalue weighted by atomic mass is 10.2. The first-order chi connectivity index (χ1) is 8.47. The van der Waals surface area contributed by atoms with Gasteiger partial charge >= 0.3 is 0 Å². The molecule has 1 atom stereocenters. The highest BCUT2D eigenvalue weighted by Gasteiger charge is 2.17. The van der Waals surface area contributed by atoms with Crippen molar-refractivity contribution >= 4 is 17.3 Å². The van der Waals surface area contributed by atoms with Gasteiger partial charge in [0.05, 0.1) is 11.4 Å². The van der Waals surface area contributed by atoms with Crippen molar-refractivity contribution in [2.24, 2.45) is 0 Å². The third-order valence-electron chi connectivity index (χ3n) is 2.43. The van der Waals surface area contributed by atoms with Crippen LogP contribution in [0.25, 0.3) is 0 Å². The number of anilines is 2. The Morgan fingerprint density at radius 3 is 2.72 bits per heavy atom. The fourth-order valence-corrected chi connectivity index (χ4v) is 1.40. The van der Waals surface area contributed by atoms with Crippen molar-refractivity contribution < 1.29 is 13.6 Å². The SMILES string of the molecule is CCCNC(=O)C(C)Nc1c(N)ccc(F)c1F. The summed E-state index contributed by atoms with van der Waals surface area (Å²) in [6, 6.07) is 1.49. The maximum atomic E-state index is 13.5. The fourth-order valence-electron chi connectivity index (χ4n) is 1.40. The van der Waals surface area contributed by atoms with E-state index >= 15 is 0 Å². The highest BCUT2D eigenvalue weighted by Crippen LogP contribution is 2.25. The number of rotatable bonds is 5. The maximum Gasteiger partial charge on any atom is 0.242 e. The number of nitrogens with two attached hydrogens (primary N) is 1. The van der Waals surface area contributed by atoms with Gasteiger partial charge < -0.3 is 16.4 Å². The zero-order valence-corrected chi connectivity index (χ0v) is 10.4. The number of benzene rings is 1. The van der Waals surface area contributed by atoms with Crippen molar-refractivity contribution in [1.82, 2.24) is 5.32 Å². The minimum absolute atomic E-state index is 0.0593. The Morgan fingerprint density at radius 1 is 1.44 bits per heavy atom. The van der Waals surface area contributed by atoms with Crippen LogP contribution in [0.2, 0.25) is 0 Å². The molecule has 0 fully saturated rings. The summed E-state index contributed by atoms with van der Waals surface area (Å²) in [6.07, 6.45) is 0.801. The second-order valence-electron chi connectivity index (χ2n) is 3.98. The van der Waals surface area contributed by atoms with Crippen LogP contribution in [-0.4, -0.2) is 18.5 Å². The minimum Gasteiger partial charge on any atom is -0.397 e. The van der Waals surface area contributed by atoms with Crippen molar-refractivity contribution in [3.63, 3.8) is 0 Å². The Balaban J connectivity index is 2.78. The summed E-state index contributed by atoms with van der Waals surface area (Å²) >= 11 is 0. The molecule has 0 aliphatic heterocycles. The summed E-state index contributed by atoms with van der Waals surface area (Å²) in [5.74, 6) is -2.38. The number of nitrogen functional groups attached to an aromatic ring is 1. The van der Waals surface area contributed by atoms with E-state index in [0.717, 1.165) is 12.5 Å². The Morgan fingerprint density at radius 2 is 2.11 bits per heavy atom. The normalized spacial score (nSPS) is 12.0. The zero-order valence-electron chi connectivity index (χ0n) is 10.4. The molecule has 1 rings (SSSR count). The van der Waals surface area contributed by atoms with Crippen LogP contribution < -0.4 is 16.4 Å². The number of hydrogen-bond acceptors (Lipinski definition) is 3. The first-order valence-electron chi connectivity index (χ1n) is 5.75. The Bertz CT molecular complexity index is 438. The summed E-state index contributed by atoms with van der Waals surface area (Å²) in [4.78, 5) is 11.6. The van der Waals surface area contributed by atoms with Gasteiger partial charge in [0.15, 0.2) is 11.6 Å². The van der Waals surface area contributed by atoms with Gasteiger partial charge in [0.2, 0.25) is 5.91 Å². The number of amides is 1. The molecule has 0 radical (unpaired) electrons. The highest BCUT2D eigenvalue weighted by atomic mass is 19.2. The predicted molar refractivity (Wildman–Crippen MR) is 67.2 cm³/mol. The first-order valence-corrected chi connectivity index (χ1v) is 5.75. The van der Waals surface area contributed by atoms with E-state index in [1.54, 1.807) is 6.92 Å². The van der Waals surface area contributed by atoms with Gasteiger partial charge in [0, 0.05) is 6.54 Å². The Kier molecular flexibility index (Phi) is 4.88. The lowest BCUT2D eigenvalue weighted by Gasteiger charge is -2.17. The van der Waals surface area contributed by atoms with Gasteiger partial charge in [-0.15, -0.1) is 0 Å². The van der Waals surface area contributed by atoms with E-state index in [4.69, 9.17) is 5.73 Å². The van der Waals surface area contributed by atoms with E-state index in [2.05, 4.69) is 10.6 Å². The summed E-state index contributed by atoms with van der Waals surface area (Å²) in [7, 11) is 0. The molecule has 1 aromatic carbocycles. The molecule has 1 aromatic rings. The molecule has 0 heterocycles. The molecule has 6 heteroatoms. The maximum absolute atomic E-state index is 13.5. The zero-order chi connectivity index (χ0) is 13.7. The van der Waals surface area contributed by atoms with Gasteiger partial charge in [-0.1, -0.05) is 6.92 Å². The van der Waals surface area contributed by atoms with Gasteiger partial charge in [0.1, 0.15) is 6.04 Å². The lowest BCUT2D eigenvalue weighted by Crippen LogP contribution is -2.38. The number of carbonyl (C=O) groups excluding carboxylic acids is 1. The molecule has 100 valence electrons. The molecular weight excluding hydrogens is 240 g/mol. The van der Waals surface area contributed by atoms with Crippen molar-refractivity contribution in [3.8, 4) is 0 Å². The molecule has 0 saturated carbocycles. The smallest absolute Gasteiger partial charge is 0.242 e. The minimum atomic E-state index is -1.08. The van der Waals surface area contributed by atoms with Gasteiger partial charge in [-0.25, -0.2) is 8.78 Å². The van der Waals surface area contributed by atoms with Crippen LogP contribution in [-0.2, 0) is 4.79 Å². The van der Waals surface area contributed by atoms with Gasteiger partial charge in [0.25, 0.3) is 0 Å². The van der Waals surface area contributed by atoms with Crippen molar-refractivity contribution in [3.05, 3.63) is 23.8 Å². The number of carbonyl (C=O) groups is 1. The summed E-state index contributed by atoms with van der Waals surface area (Å²) in [5, 5.41) is 5.22. The van der Waals surface area contributed by atoms with Crippen LogP contribution in [0.5, 0.6) is 0 Å². The molecule has 1 amide bonds. The second-order valence-corrected chi connectivity index (χ2v) is 3.98. The third-order valence-corrected chi connectivity index (χ3v) is 2.43. The summed E-state index contributed by atoms with van der Waals surface area (Å²) < 4.78 is 26.5. The average Bonchev–Trinajstić information content (AvgIpc) is 2.36. The molecule has 0 aromatic heterocycles. The van der Waals surface area contributed by atoms with Gasteiger partial charge in [-0.2, -0.15) is 0 Å². The lowest BCUT2D eigenvalue weighted by molar-refractivity contribution is -0.121. The third kappa shape index (κ3) is 3.32. The molecule has 1 unspecified atom stereocenters. The van der Waals surface area contributed by atoms with E-state index in [1.807, 2.05) is 6.92 Å². The molecule has 18 heavy (non-hydrogen) atoms. The van der Waals surface area contributed by atoms with Crippen LogP contribution in [0.1, 0.15) is 20.3 Å². The summed E-state index contributed by atoms with van der Waals surface area (Å²) in [6.45, 7) is 4.00. The van der Waals surface area contributed by atoms with Crippen LogP contribution in [0.15, 0.2) is 12.1 Å². The Labute approximate surface area is 105 Å². The average molecular weight is 257 g/mol. The van der Waals surface area contributed by atoms with Gasteiger partial charge in [-0.05, 0) is 25.5 Å². The molecule has 0 saturated heterocycles. The quantitative estimate of drug-likeness (QED) is 0.705. The molecule has 0 spiro atoms. The fraction of sp³-hybridized carbons (Fsp3) is 0.417. The molecule has 4 N–H and O–H groups in total. The molecule has 0 bridgehead atoms. The number of nitrogens with one attached hydrogen (secondary N) is 2. The molecule has 0 aliphatic carbocycles. The topological polar surface area (TPSA) is 67.2 Å². The van der Waals surface area contributed by atoms with E-state index in [1.165, 1.54) is 6.07 Å². The largest absolute Gasteiger partial charge is 0.397 e. The van der Waals surface area contributed by atoms with E-state index < -0.39 is 17.7 Å². The van der Waals surface area contributed by atoms with Crippen LogP contribution in [0, 0.1) is 11.6 Å². The summed E-state index contributed by atoms with van der Waals surface area (Å²) in [5.41, 5.74) is 5.41. The second kappa shape index (κ2) is 6.18. The van der Waals surface area contributed by atoms with Crippen molar-refractivity contribution in [2.75, 3.05) is 17.6 Å². The van der Waals surface area contributed by atoms with E-state index in [-0.39, 0.29) is 17.3 Å². The van der Waals surface area contributed by atoms with Crippen LogP contribution in [0.4, 0.5) is 20.2 Å². The molecule has 0 aliphatic rings. The van der Waals surface area contributed by atoms with Crippen molar-refractivity contribution in [1.29, 1.82) is 0 Å². The van der Waals surface area contributed by atoms with Crippen molar-refractivity contribution in [2.45, 2.75) is 26.3 Å². The van der Waals surface area contributed by atoms with E-state index in [9.17, 15) is 13.6 Å². The van der Waals surface area contributed by atoms with Gasteiger partial charge in [-0.3, -0.25) is 4.79 Å². The monoisotopic (exact) mass is 257 g/mol. The number of halogens is 2. The van der Waals surface area contributed by atoms with E-state index in [0.29, 0.717) is 6.54 Å². The molecular formula is C12H17F2N3O. The van der Waals surface area contributed by atoms with Crippen LogP contribution in [0.3, 0.4) is 0 Å². The predicted octanol–water partition coefficient (Wildman–Crippen LogP) is 1.87. The Hall–Kier alpha value is -1.85.